The molecule has 30 heavy (non-hydrogen) atoms. The highest BCUT2D eigenvalue weighted by atomic mass is 79.9. The molecule has 0 aromatic heterocycles. The molecule has 0 aliphatic heterocycles. The van der Waals surface area contributed by atoms with Gasteiger partial charge in [-0.05, 0) is 35.2 Å². The molecule has 0 spiro atoms. The van der Waals surface area contributed by atoms with E-state index in [0.29, 0.717) is 0 Å². The van der Waals surface area contributed by atoms with Crippen LogP contribution in [0.3, 0.4) is 0 Å². The quantitative estimate of drug-likeness (QED) is 0.205. The van der Waals surface area contributed by atoms with Gasteiger partial charge < -0.3 is 4.57 Å². The molecule has 148 valence electrons. The van der Waals surface area contributed by atoms with Gasteiger partial charge in [0, 0.05) is 25.3 Å². The zero-order valence-corrected chi connectivity index (χ0v) is 19.5. The molecule has 1 nitrogen and oxygen atoms in total. The Balaban J connectivity index is 1.93. The van der Waals surface area contributed by atoms with Crippen LogP contribution in [-0.4, -0.2) is 0 Å². The Morgan fingerprint density at radius 1 is 0.667 bits per heavy atom. The van der Waals surface area contributed by atoms with Crippen LogP contribution in [0, 0.1) is 0 Å². The van der Waals surface area contributed by atoms with Gasteiger partial charge in [-0.1, -0.05) is 119 Å². The number of thioether (sulfide) groups is 1. The van der Waals surface area contributed by atoms with Crippen LogP contribution in [0.2, 0.25) is 0 Å². The fourth-order valence-corrected chi connectivity index (χ4v) is 7.54. The Morgan fingerprint density at radius 3 is 1.63 bits per heavy atom. The van der Waals surface area contributed by atoms with Gasteiger partial charge in [-0.2, -0.15) is 0 Å². The lowest BCUT2D eigenvalue weighted by Crippen LogP contribution is -2.17. The van der Waals surface area contributed by atoms with Crippen LogP contribution in [0.25, 0.3) is 5.31 Å². The Hall–Kier alpha value is -2.32. The van der Waals surface area contributed by atoms with Gasteiger partial charge in [0.15, 0.2) is 7.14 Å². The van der Waals surface area contributed by atoms with Gasteiger partial charge in [0.25, 0.3) is 0 Å². The molecule has 4 heteroatoms. The lowest BCUT2D eigenvalue weighted by molar-refractivity contribution is 0.593. The molecule has 0 atom stereocenters. The number of halogens is 1. The van der Waals surface area contributed by atoms with E-state index < -0.39 is 7.14 Å². The first-order valence-electron chi connectivity index (χ1n) is 9.57. The van der Waals surface area contributed by atoms with Crippen LogP contribution in [0.15, 0.2) is 130 Å². The highest BCUT2D eigenvalue weighted by Crippen LogP contribution is 2.57. The molecule has 0 bridgehead atoms. The van der Waals surface area contributed by atoms with Crippen molar-refractivity contribution in [1.82, 2.24) is 0 Å². The molecule has 0 N–H and O–H groups in total. The summed E-state index contributed by atoms with van der Waals surface area (Å²) < 4.78 is 15.9. The van der Waals surface area contributed by atoms with E-state index in [1.165, 1.54) is 0 Å². The molecule has 0 saturated heterocycles. The van der Waals surface area contributed by atoms with E-state index in [9.17, 15) is 4.57 Å². The highest BCUT2D eigenvalue weighted by Gasteiger charge is 2.32. The van der Waals surface area contributed by atoms with E-state index in [4.69, 9.17) is 0 Å². The van der Waals surface area contributed by atoms with Crippen molar-refractivity contribution in [1.29, 1.82) is 0 Å². The number of rotatable bonds is 6. The second kappa shape index (κ2) is 9.66. The second-order valence-electron chi connectivity index (χ2n) is 6.72. The topological polar surface area (TPSA) is 17.1 Å². The monoisotopic (exact) mass is 490 g/mol. The average molecular weight is 491 g/mol. The van der Waals surface area contributed by atoms with E-state index in [-0.39, 0.29) is 0 Å². The lowest BCUT2D eigenvalue weighted by Gasteiger charge is -2.23. The van der Waals surface area contributed by atoms with Gasteiger partial charge in [0.05, 0.1) is 0 Å². The minimum absolute atomic E-state index is 0.832. The van der Waals surface area contributed by atoms with E-state index in [0.717, 1.165) is 30.9 Å². The third-order valence-electron chi connectivity index (χ3n) is 4.77. The average Bonchev–Trinajstić information content (AvgIpc) is 2.82. The van der Waals surface area contributed by atoms with Crippen LogP contribution < -0.4 is 10.6 Å². The van der Waals surface area contributed by atoms with Crippen molar-refractivity contribution < 1.29 is 4.57 Å². The smallest absolute Gasteiger partial charge is 0.172 e. The molecular weight excluding hydrogens is 471 g/mol. The van der Waals surface area contributed by atoms with Gasteiger partial charge in [0.1, 0.15) is 0 Å². The van der Waals surface area contributed by atoms with Crippen LogP contribution in [0.1, 0.15) is 5.56 Å². The summed E-state index contributed by atoms with van der Waals surface area (Å²) in [4.78, 5) is 1.11. The van der Waals surface area contributed by atoms with Crippen molar-refractivity contribution >= 4 is 50.8 Å². The zero-order valence-electron chi connectivity index (χ0n) is 16.2. The van der Waals surface area contributed by atoms with Gasteiger partial charge in [-0.25, -0.2) is 0 Å². The molecule has 0 radical (unpaired) electrons. The maximum Gasteiger partial charge on any atom is 0.172 e. The Morgan fingerprint density at radius 2 is 1.13 bits per heavy atom. The minimum atomic E-state index is -3.08. The van der Waals surface area contributed by atoms with Crippen LogP contribution in [0.4, 0.5) is 0 Å². The molecule has 4 rings (SSSR count). The number of hydrogen-bond donors (Lipinski definition) is 0. The predicted octanol–water partition coefficient (Wildman–Crippen LogP) is 7.55. The predicted molar refractivity (Wildman–Crippen MR) is 134 cm³/mol. The Bertz CT molecular complexity index is 1130. The standard InChI is InChI=1S/C26H20BrOPS/c27-22-18-16-21(17-19-22)26(20-30-25-14-8-3-9-15-25)29(28,23-10-4-1-5-11-23)24-12-6-2-7-13-24/h1-20H/b26-20+. The summed E-state index contributed by atoms with van der Waals surface area (Å²) in [6.07, 6.45) is 0. The zero-order chi connectivity index (χ0) is 20.8. The third kappa shape index (κ3) is 4.54. The van der Waals surface area contributed by atoms with Gasteiger partial charge in [-0.15, -0.1) is 0 Å². The van der Waals surface area contributed by atoms with Crippen LogP contribution >= 0.6 is 34.8 Å². The molecule has 4 aromatic rings. The van der Waals surface area contributed by atoms with Gasteiger partial charge >= 0.3 is 0 Å². The van der Waals surface area contributed by atoms with Crippen molar-refractivity contribution in [2.75, 3.05) is 0 Å². The molecule has 0 saturated carbocycles. The minimum Gasteiger partial charge on any atom is -0.309 e. The normalized spacial score (nSPS) is 12.0. The largest absolute Gasteiger partial charge is 0.309 e. The number of hydrogen-bond acceptors (Lipinski definition) is 2. The molecule has 4 aromatic carbocycles. The fourth-order valence-electron chi connectivity index (χ4n) is 3.27. The van der Waals surface area contributed by atoms with Crippen molar-refractivity contribution in [3.8, 4) is 0 Å². The van der Waals surface area contributed by atoms with Crippen molar-refractivity contribution in [3.63, 3.8) is 0 Å². The summed E-state index contributed by atoms with van der Waals surface area (Å²) in [5.41, 5.74) is 0.956. The van der Waals surface area contributed by atoms with E-state index in [1.54, 1.807) is 11.8 Å². The summed E-state index contributed by atoms with van der Waals surface area (Å²) in [5.74, 6) is 0. The van der Waals surface area contributed by atoms with E-state index >= 15 is 0 Å². The Labute approximate surface area is 190 Å². The summed E-state index contributed by atoms with van der Waals surface area (Å²) in [6.45, 7) is 0. The molecule has 0 fully saturated rings. The molecule has 0 unspecified atom stereocenters. The number of benzene rings is 4. The first-order valence-corrected chi connectivity index (χ1v) is 13.0. The molecule has 0 aliphatic rings. The maximum absolute atomic E-state index is 14.9. The molecular formula is C26H20BrOPS. The lowest BCUT2D eigenvalue weighted by atomic mass is 10.2. The highest BCUT2D eigenvalue weighted by molar-refractivity contribution is 9.10. The molecule has 0 aliphatic carbocycles. The summed E-state index contributed by atoms with van der Waals surface area (Å²) >= 11 is 5.11. The van der Waals surface area contributed by atoms with Gasteiger partial charge in [0.2, 0.25) is 0 Å². The van der Waals surface area contributed by atoms with Crippen LogP contribution in [0.5, 0.6) is 0 Å². The molecule has 0 amide bonds. The van der Waals surface area contributed by atoms with E-state index in [2.05, 4.69) is 33.5 Å². The summed E-state index contributed by atoms with van der Waals surface area (Å²) in [5, 5.41) is 4.55. The fraction of sp³-hybridized carbons (Fsp3) is 0. The maximum atomic E-state index is 14.9. The summed E-state index contributed by atoms with van der Waals surface area (Å²) in [6, 6.07) is 37.8. The van der Waals surface area contributed by atoms with Crippen molar-refractivity contribution in [2.24, 2.45) is 0 Å². The first-order chi connectivity index (χ1) is 14.7. The van der Waals surface area contributed by atoms with Crippen molar-refractivity contribution in [3.05, 3.63) is 131 Å². The van der Waals surface area contributed by atoms with E-state index in [1.807, 2.05) is 103 Å². The SMILES string of the molecule is O=P(/C(=C/Sc1ccccc1)c1ccc(Br)cc1)(c1ccccc1)c1ccccc1. The first kappa shape index (κ1) is 20.9. The second-order valence-corrected chi connectivity index (χ2v) is 11.3. The third-order valence-corrected chi connectivity index (χ3v) is 9.49. The summed E-state index contributed by atoms with van der Waals surface area (Å²) in [7, 11) is -3.08. The molecule has 0 heterocycles. The van der Waals surface area contributed by atoms with Crippen LogP contribution in [-0.2, 0) is 4.57 Å². The van der Waals surface area contributed by atoms with Crippen molar-refractivity contribution in [2.45, 2.75) is 4.90 Å². The Kier molecular flexibility index (Phi) is 6.74. The van der Waals surface area contributed by atoms with Gasteiger partial charge in [-0.3, -0.25) is 0 Å².